The number of ether oxygens (including phenoxy) is 1. The number of nitrogens with one attached hydrogen (secondary N) is 2. The maximum absolute atomic E-state index is 12.9. The van der Waals surface area contributed by atoms with Crippen LogP contribution in [0.5, 0.6) is 0 Å². The van der Waals surface area contributed by atoms with Gasteiger partial charge in [0.15, 0.2) is 5.13 Å². The fourth-order valence-corrected chi connectivity index (χ4v) is 7.39. The van der Waals surface area contributed by atoms with Crippen LogP contribution < -0.4 is 10.6 Å². The zero-order valence-electron chi connectivity index (χ0n) is 19.3. The molecule has 1 amide bonds. The highest BCUT2D eigenvalue weighted by molar-refractivity contribution is 7.15. The highest BCUT2D eigenvalue weighted by Gasteiger charge is 2.53. The smallest absolute Gasteiger partial charge is 0.223 e. The Balaban J connectivity index is 1.39. The number of morpholine rings is 1. The Kier molecular flexibility index (Phi) is 6.91. The van der Waals surface area contributed by atoms with Gasteiger partial charge in [-0.3, -0.25) is 9.69 Å². The Bertz CT molecular complexity index is 781. The van der Waals surface area contributed by atoms with Crippen LogP contribution in [0.1, 0.15) is 50.1 Å². The molecule has 1 aliphatic heterocycles. The molecule has 7 nitrogen and oxygen atoms in total. The first-order valence-electron chi connectivity index (χ1n) is 11.8. The predicted molar refractivity (Wildman–Crippen MR) is 124 cm³/mol. The first-order chi connectivity index (χ1) is 14.8. The molecule has 2 fully saturated rings. The number of fused-ring (bicyclic) bond motifs is 2. The zero-order chi connectivity index (χ0) is 22.2. The van der Waals surface area contributed by atoms with E-state index in [9.17, 15) is 9.90 Å². The van der Waals surface area contributed by atoms with Gasteiger partial charge in [0.1, 0.15) is 0 Å². The molecule has 3 N–H and O–H groups in total. The maximum atomic E-state index is 12.9. The van der Waals surface area contributed by atoms with Gasteiger partial charge in [-0.05, 0) is 36.5 Å². The molecule has 31 heavy (non-hydrogen) atoms. The summed E-state index contributed by atoms with van der Waals surface area (Å²) < 4.78 is 5.38. The first kappa shape index (κ1) is 23.0. The summed E-state index contributed by atoms with van der Waals surface area (Å²) in [7, 11) is 1.91. The number of aliphatic hydroxyl groups excluding tert-OH is 1. The van der Waals surface area contributed by atoms with Gasteiger partial charge in [0.25, 0.3) is 0 Å². The average molecular weight is 451 g/mol. The topological polar surface area (TPSA) is 86.7 Å². The van der Waals surface area contributed by atoms with Gasteiger partial charge in [0.2, 0.25) is 5.91 Å². The molecule has 8 heteroatoms. The zero-order valence-corrected chi connectivity index (χ0v) is 20.1. The molecule has 3 aliphatic rings. The lowest BCUT2D eigenvalue weighted by Crippen LogP contribution is -2.53. The summed E-state index contributed by atoms with van der Waals surface area (Å²) in [5.41, 5.74) is 1.20. The van der Waals surface area contributed by atoms with Crippen LogP contribution in [0.15, 0.2) is 0 Å². The van der Waals surface area contributed by atoms with Crippen LogP contribution in [0.2, 0.25) is 0 Å². The largest absolute Gasteiger partial charge is 0.392 e. The van der Waals surface area contributed by atoms with E-state index in [-0.39, 0.29) is 35.0 Å². The fourth-order valence-electron chi connectivity index (χ4n) is 6.17. The Hall–Kier alpha value is -1.22. The van der Waals surface area contributed by atoms with Crippen molar-refractivity contribution in [2.24, 2.45) is 23.2 Å². The van der Waals surface area contributed by atoms with Crippen LogP contribution in [0.3, 0.4) is 0 Å². The van der Waals surface area contributed by atoms with Crippen molar-refractivity contribution in [1.29, 1.82) is 0 Å². The number of thiazole rings is 1. The number of aromatic nitrogens is 1. The maximum Gasteiger partial charge on any atom is 0.223 e. The number of amides is 1. The number of aliphatic hydroxyl groups is 1. The average Bonchev–Trinajstić information content (AvgIpc) is 3.17. The summed E-state index contributed by atoms with van der Waals surface area (Å²) in [5.74, 6) is 0.195. The SMILES string of the molecule is CNc1nc2c(s1)C[C@]1(C)CC[C@@H]([C@H](C)C(=O)NCCN3CCOCC3)[C@H](O)[C@H]1[C@@H]2C. The second kappa shape index (κ2) is 9.33. The van der Waals surface area contributed by atoms with Crippen molar-refractivity contribution < 1.29 is 14.6 Å². The minimum Gasteiger partial charge on any atom is -0.392 e. The summed E-state index contributed by atoms with van der Waals surface area (Å²) in [6, 6.07) is 0. The Labute approximate surface area is 190 Å². The Morgan fingerprint density at radius 3 is 2.87 bits per heavy atom. The molecule has 1 aromatic heterocycles. The Morgan fingerprint density at radius 2 is 2.16 bits per heavy atom. The molecule has 4 rings (SSSR count). The van der Waals surface area contributed by atoms with E-state index in [1.165, 1.54) is 4.88 Å². The predicted octanol–water partition coefficient (Wildman–Crippen LogP) is 2.32. The van der Waals surface area contributed by atoms with Crippen LogP contribution in [0.25, 0.3) is 0 Å². The third-order valence-electron chi connectivity index (χ3n) is 8.02. The molecule has 1 saturated heterocycles. The molecule has 0 unspecified atom stereocenters. The van der Waals surface area contributed by atoms with Crippen molar-refractivity contribution in [2.75, 3.05) is 51.8 Å². The van der Waals surface area contributed by atoms with Gasteiger partial charge in [0, 0.05) is 49.9 Å². The van der Waals surface area contributed by atoms with Crippen molar-refractivity contribution in [2.45, 2.75) is 52.1 Å². The van der Waals surface area contributed by atoms with E-state index in [1.54, 1.807) is 11.3 Å². The summed E-state index contributed by atoms with van der Waals surface area (Å²) in [4.78, 5) is 21.4. The number of hydrogen-bond donors (Lipinski definition) is 3. The van der Waals surface area contributed by atoms with E-state index in [0.29, 0.717) is 6.54 Å². The van der Waals surface area contributed by atoms with E-state index >= 15 is 0 Å². The van der Waals surface area contributed by atoms with Gasteiger partial charge < -0.3 is 20.5 Å². The van der Waals surface area contributed by atoms with Crippen molar-refractivity contribution in [1.82, 2.24) is 15.2 Å². The molecule has 174 valence electrons. The van der Waals surface area contributed by atoms with E-state index in [2.05, 4.69) is 29.4 Å². The molecule has 2 heterocycles. The van der Waals surface area contributed by atoms with Crippen molar-refractivity contribution in [3.05, 3.63) is 10.6 Å². The molecule has 0 spiro atoms. The van der Waals surface area contributed by atoms with Gasteiger partial charge in [-0.25, -0.2) is 4.98 Å². The van der Waals surface area contributed by atoms with Crippen LogP contribution >= 0.6 is 11.3 Å². The highest BCUT2D eigenvalue weighted by Crippen LogP contribution is 2.57. The van der Waals surface area contributed by atoms with Gasteiger partial charge in [-0.2, -0.15) is 0 Å². The molecular weight excluding hydrogens is 412 g/mol. The molecule has 1 saturated carbocycles. The fraction of sp³-hybridized carbons (Fsp3) is 0.826. The van der Waals surface area contributed by atoms with E-state index in [4.69, 9.17) is 9.72 Å². The number of nitrogens with zero attached hydrogens (tertiary/aromatic N) is 2. The van der Waals surface area contributed by atoms with Gasteiger partial charge in [-0.15, -0.1) is 11.3 Å². The number of rotatable bonds is 6. The van der Waals surface area contributed by atoms with Crippen molar-refractivity contribution in [3.63, 3.8) is 0 Å². The highest BCUT2D eigenvalue weighted by atomic mass is 32.1. The summed E-state index contributed by atoms with van der Waals surface area (Å²) in [6.07, 6.45) is 2.43. The van der Waals surface area contributed by atoms with Gasteiger partial charge in [0.05, 0.1) is 25.0 Å². The molecule has 2 aliphatic carbocycles. The summed E-state index contributed by atoms with van der Waals surface area (Å²) in [6.45, 7) is 11.4. The molecule has 0 bridgehead atoms. The standard InChI is InChI=1S/C23H38N4O3S/c1-14(21(29)25-7-8-27-9-11-30-12-10-27)16-5-6-23(3)13-17-19(26-22(24-4)31-17)15(2)18(23)20(16)28/h14-16,18,20,28H,5-13H2,1-4H3,(H,24,26)(H,25,29)/t14-,15-,16-,18+,20-,23-/m0/s1. The van der Waals surface area contributed by atoms with Crippen LogP contribution in [0, 0.1) is 23.2 Å². The minimum absolute atomic E-state index is 0.00660. The third kappa shape index (κ3) is 4.49. The second-order valence-corrected chi connectivity index (χ2v) is 11.0. The van der Waals surface area contributed by atoms with Crippen LogP contribution in [0.4, 0.5) is 5.13 Å². The molecule has 0 radical (unpaired) electrons. The molecule has 1 aromatic rings. The van der Waals surface area contributed by atoms with Crippen molar-refractivity contribution in [3.8, 4) is 0 Å². The first-order valence-corrected chi connectivity index (χ1v) is 12.6. The second-order valence-electron chi connectivity index (χ2n) is 9.95. The number of hydrogen-bond acceptors (Lipinski definition) is 7. The summed E-state index contributed by atoms with van der Waals surface area (Å²) in [5, 5.41) is 18.7. The van der Waals surface area contributed by atoms with Crippen LogP contribution in [-0.4, -0.2) is 73.4 Å². The summed E-state index contributed by atoms with van der Waals surface area (Å²) >= 11 is 1.75. The van der Waals surface area contributed by atoms with Crippen LogP contribution in [-0.2, 0) is 16.0 Å². The van der Waals surface area contributed by atoms with E-state index in [0.717, 1.165) is 62.9 Å². The van der Waals surface area contributed by atoms with Gasteiger partial charge >= 0.3 is 0 Å². The quantitative estimate of drug-likeness (QED) is 0.617. The third-order valence-corrected chi connectivity index (χ3v) is 9.11. The van der Waals surface area contributed by atoms with E-state index in [1.807, 2.05) is 14.0 Å². The monoisotopic (exact) mass is 450 g/mol. The molecule has 6 atom stereocenters. The molecule has 0 aromatic carbocycles. The number of carbonyl (C=O) groups is 1. The lowest BCUT2D eigenvalue weighted by atomic mass is 9.53. The normalized spacial score (nSPS) is 34.5. The van der Waals surface area contributed by atoms with E-state index < -0.39 is 6.10 Å². The minimum atomic E-state index is -0.485. The molecular formula is C23H38N4O3S. The number of carbonyl (C=O) groups excluding carboxylic acids is 1. The van der Waals surface area contributed by atoms with Crippen molar-refractivity contribution >= 4 is 22.4 Å². The lowest BCUT2D eigenvalue weighted by molar-refractivity contribution is -0.134. The Morgan fingerprint density at radius 1 is 1.42 bits per heavy atom. The van der Waals surface area contributed by atoms with Gasteiger partial charge in [-0.1, -0.05) is 20.8 Å². The lowest BCUT2D eigenvalue weighted by Gasteiger charge is -2.53. The number of anilines is 1.